The van der Waals surface area contributed by atoms with Crippen molar-refractivity contribution in [2.75, 3.05) is 60.9 Å². The van der Waals surface area contributed by atoms with Crippen molar-refractivity contribution in [2.45, 2.75) is 26.0 Å². The highest BCUT2D eigenvalue weighted by atomic mass is 35.5. The van der Waals surface area contributed by atoms with Crippen molar-refractivity contribution in [1.82, 2.24) is 9.80 Å². The van der Waals surface area contributed by atoms with Gasteiger partial charge in [0.05, 0.1) is 26.9 Å². The third-order valence-corrected chi connectivity index (χ3v) is 9.91. The van der Waals surface area contributed by atoms with Gasteiger partial charge < -0.3 is 42.5 Å². The van der Waals surface area contributed by atoms with E-state index in [0.717, 1.165) is 36.7 Å². The summed E-state index contributed by atoms with van der Waals surface area (Å²) < 4.78 is 44.6. The average Bonchev–Trinajstić information content (AvgIpc) is 3.67. The Kier molecular flexibility index (Phi) is 12.8. The van der Waals surface area contributed by atoms with E-state index in [0.29, 0.717) is 69.0 Å². The smallest absolute Gasteiger partial charge is 0.347 e. The maximum atomic E-state index is 12.9. The first-order valence-corrected chi connectivity index (χ1v) is 18.5. The van der Waals surface area contributed by atoms with Gasteiger partial charge in [-0.2, -0.15) is 0 Å². The summed E-state index contributed by atoms with van der Waals surface area (Å²) in [5.74, 6) is 4.45. The second-order valence-corrected chi connectivity index (χ2v) is 14.3. The molecule has 0 radical (unpaired) electrons. The van der Waals surface area contributed by atoms with Gasteiger partial charge in [0.15, 0.2) is 18.1 Å². The highest BCUT2D eigenvalue weighted by Crippen LogP contribution is 2.47. The highest BCUT2D eigenvalue weighted by Gasteiger charge is 2.29. The SMILES string of the molecule is COc1ccc(-c2c(OC)c3c(OC)c4c(cc3oc2=O)OC(C)(C)C=C4)cc1.Cl.O=C(COc1ccc(Cl)cc1)N1CCN(Cc2ccc3c(c2)OCO3)CC1. The fourth-order valence-corrected chi connectivity index (χ4v) is 6.90. The minimum Gasteiger partial charge on any atom is -0.497 e. The molecule has 0 saturated carbocycles. The van der Waals surface area contributed by atoms with Crippen molar-refractivity contribution in [1.29, 1.82) is 0 Å². The molecule has 5 aromatic rings. The molecule has 0 aliphatic carbocycles. The van der Waals surface area contributed by atoms with E-state index in [9.17, 15) is 9.59 Å². The highest BCUT2D eigenvalue weighted by molar-refractivity contribution is 6.30. The quantitative estimate of drug-likeness (QED) is 0.135. The topological polar surface area (TPSA) is 118 Å². The number of ether oxygens (including phenoxy) is 7. The van der Waals surface area contributed by atoms with Gasteiger partial charge in [-0.1, -0.05) is 29.8 Å². The lowest BCUT2D eigenvalue weighted by molar-refractivity contribution is -0.135. The van der Waals surface area contributed by atoms with Crippen LogP contribution in [-0.2, 0) is 11.3 Å². The van der Waals surface area contributed by atoms with Crippen molar-refractivity contribution in [2.24, 2.45) is 0 Å². The third kappa shape index (κ3) is 9.20. The molecule has 0 atom stereocenters. The fourth-order valence-electron chi connectivity index (χ4n) is 6.78. The number of hydrogen-bond acceptors (Lipinski definition) is 11. The van der Waals surface area contributed by atoms with Crippen molar-refractivity contribution in [3.63, 3.8) is 0 Å². The first kappa shape index (κ1) is 41.1. The van der Waals surface area contributed by atoms with Crippen molar-refractivity contribution >= 4 is 47.0 Å². The van der Waals surface area contributed by atoms with Crippen LogP contribution in [0.5, 0.6) is 40.2 Å². The van der Waals surface area contributed by atoms with Crippen molar-refractivity contribution in [3.05, 3.63) is 105 Å². The molecule has 1 fully saturated rings. The van der Waals surface area contributed by atoms with Crippen LogP contribution >= 0.6 is 24.0 Å². The molecule has 12 nitrogen and oxygen atoms in total. The zero-order valence-corrected chi connectivity index (χ0v) is 33.9. The molecule has 3 aliphatic rings. The first-order valence-electron chi connectivity index (χ1n) is 18.1. The number of nitrogens with zero attached hydrogens (tertiary/aromatic N) is 2. The third-order valence-electron chi connectivity index (χ3n) is 9.66. The number of amides is 1. The van der Waals surface area contributed by atoms with Gasteiger partial charge in [0.1, 0.15) is 50.9 Å². The van der Waals surface area contributed by atoms with Gasteiger partial charge in [-0.3, -0.25) is 9.69 Å². The number of benzene rings is 4. The number of carbonyl (C=O) groups excluding carboxylic acids is 1. The molecule has 3 aliphatic heterocycles. The Hall–Kier alpha value is -5.56. The van der Waals surface area contributed by atoms with E-state index < -0.39 is 11.2 Å². The zero-order chi connectivity index (χ0) is 39.4. The lowest BCUT2D eigenvalue weighted by atomic mass is 9.98. The number of piperazine rings is 1. The van der Waals surface area contributed by atoms with Gasteiger partial charge in [0.2, 0.25) is 6.79 Å². The molecule has 1 amide bonds. The molecule has 1 aromatic heterocycles. The van der Waals surface area contributed by atoms with E-state index in [1.165, 1.54) is 12.7 Å². The van der Waals surface area contributed by atoms with Gasteiger partial charge >= 0.3 is 5.63 Å². The molecule has 4 heterocycles. The second-order valence-electron chi connectivity index (χ2n) is 13.8. The van der Waals surface area contributed by atoms with Crippen LogP contribution in [0.25, 0.3) is 28.2 Å². The second kappa shape index (κ2) is 17.7. The van der Waals surface area contributed by atoms with Gasteiger partial charge in [-0.25, -0.2) is 4.79 Å². The van der Waals surface area contributed by atoms with E-state index in [-0.39, 0.29) is 31.7 Å². The largest absolute Gasteiger partial charge is 0.497 e. The molecule has 300 valence electrons. The van der Waals surface area contributed by atoms with E-state index in [1.54, 1.807) is 68.8 Å². The molecule has 14 heteroatoms. The first-order chi connectivity index (χ1) is 27.0. The average molecular weight is 820 g/mol. The standard InChI is InChI=1S/C23H22O6.C20H21ClN2O4.ClH/c1-23(2)11-10-15-16(29-23)12-17-19(20(15)26-4)21(27-5)18(22(24)28-17)13-6-8-14(25-3)9-7-13;21-16-2-4-17(5-3-16)25-13-20(24)23-9-7-22(8-10-23)12-15-1-6-18-19(11-15)27-14-26-18;/h6-12H,1-5H3;1-6,11H,7-10,12-14H2;1H. The van der Waals surface area contributed by atoms with Crippen LogP contribution in [-0.4, -0.2) is 82.2 Å². The molecule has 8 rings (SSSR count). The summed E-state index contributed by atoms with van der Waals surface area (Å²) in [7, 11) is 4.68. The maximum absolute atomic E-state index is 12.9. The van der Waals surface area contributed by atoms with Crippen LogP contribution in [0.3, 0.4) is 0 Å². The minimum atomic E-state index is -0.507. The molecule has 1 saturated heterocycles. The van der Waals surface area contributed by atoms with Gasteiger partial charge in [0.25, 0.3) is 5.91 Å². The van der Waals surface area contributed by atoms with Crippen LogP contribution in [0.2, 0.25) is 5.02 Å². The number of methoxy groups -OCH3 is 3. The van der Waals surface area contributed by atoms with Crippen LogP contribution in [0.1, 0.15) is 25.0 Å². The summed E-state index contributed by atoms with van der Waals surface area (Å²) in [6.45, 7) is 8.14. The number of carbonyl (C=O) groups is 1. The summed E-state index contributed by atoms with van der Waals surface area (Å²) >= 11 is 5.85. The Morgan fingerprint density at radius 3 is 2.18 bits per heavy atom. The lowest BCUT2D eigenvalue weighted by Crippen LogP contribution is -2.49. The Labute approximate surface area is 341 Å². The van der Waals surface area contributed by atoms with Crippen LogP contribution < -0.4 is 38.8 Å². The molecule has 0 N–H and O–H groups in total. The Bertz CT molecular complexity index is 2300. The predicted molar refractivity (Wildman–Crippen MR) is 220 cm³/mol. The molecule has 57 heavy (non-hydrogen) atoms. The Morgan fingerprint density at radius 1 is 0.807 bits per heavy atom. The number of fused-ring (bicyclic) bond motifs is 3. The lowest BCUT2D eigenvalue weighted by Gasteiger charge is -2.34. The Balaban J connectivity index is 0.000000190. The van der Waals surface area contributed by atoms with E-state index in [2.05, 4.69) is 11.0 Å². The summed E-state index contributed by atoms with van der Waals surface area (Å²) in [6.07, 6.45) is 3.91. The monoisotopic (exact) mass is 818 g/mol. The van der Waals surface area contributed by atoms with Crippen LogP contribution in [0, 0.1) is 0 Å². The van der Waals surface area contributed by atoms with E-state index in [1.807, 2.05) is 43.0 Å². The minimum absolute atomic E-state index is 0. The number of hydrogen-bond donors (Lipinski definition) is 0. The zero-order valence-electron chi connectivity index (χ0n) is 32.3. The number of halogens is 2. The molecule has 0 spiro atoms. The van der Waals surface area contributed by atoms with Crippen LogP contribution in [0.4, 0.5) is 0 Å². The fraction of sp³-hybridized carbons (Fsp3) is 0.302. The molecule has 0 unspecified atom stereocenters. The molecule has 4 aromatic carbocycles. The summed E-state index contributed by atoms with van der Waals surface area (Å²) in [5.41, 5.74) is 2.29. The van der Waals surface area contributed by atoms with Gasteiger partial charge in [-0.05, 0) is 85.7 Å². The van der Waals surface area contributed by atoms with Crippen molar-refractivity contribution < 1.29 is 42.4 Å². The molecular weight excluding hydrogens is 775 g/mol. The molecular formula is C43H44Cl2N2O10. The van der Waals surface area contributed by atoms with Gasteiger partial charge in [0, 0.05) is 43.8 Å². The Morgan fingerprint density at radius 2 is 1.49 bits per heavy atom. The van der Waals surface area contributed by atoms with Gasteiger partial charge in [-0.15, -0.1) is 12.4 Å². The van der Waals surface area contributed by atoms with Crippen molar-refractivity contribution in [3.8, 4) is 51.4 Å². The molecule has 0 bridgehead atoms. The maximum Gasteiger partial charge on any atom is 0.347 e. The van der Waals surface area contributed by atoms with E-state index in [4.69, 9.17) is 49.2 Å². The predicted octanol–water partition coefficient (Wildman–Crippen LogP) is 7.88. The van der Waals surface area contributed by atoms with Crippen LogP contribution in [0.15, 0.2) is 88.1 Å². The number of rotatable bonds is 9. The van der Waals surface area contributed by atoms with E-state index >= 15 is 0 Å². The summed E-state index contributed by atoms with van der Waals surface area (Å²) in [5, 5.41) is 1.22. The normalized spacial score (nSPS) is 15.0. The summed E-state index contributed by atoms with van der Waals surface area (Å²) in [6, 6.07) is 21.9. The summed E-state index contributed by atoms with van der Waals surface area (Å²) in [4.78, 5) is 29.4.